The molecule has 0 atom stereocenters. The highest BCUT2D eigenvalue weighted by atomic mass is 127. The van der Waals surface area contributed by atoms with Crippen molar-refractivity contribution in [3.63, 3.8) is 0 Å². The minimum atomic E-state index is 0. The zero-order chi connectivity index (χ0) is 19.5. The molecule has 1 aromatic heterocycles. The lowest BCUT2D eigenvalue weighted by Gasteiger charge is -2.17. The van der Waals surface area contributed by atoms with Crippen LogP contribution >= 0.6 is 24.0 Å². The molecule has 1 aromatic carbocycles. The highest BCUT2D eigenvalue weighted by Crippen LogP contribution is 2.18. The van der Waals surface area contributed by atoms with Crippen LogP contribution in [0.25, 0.3) is 11.5 Å². The van der Waals surface area contributed by atoms with Gasteiger partial charge in [0.2, 0.25) is 5.89 Å². The topological polar surface area (TPSA) is 74.9 Å². The Bertz CT molecular complexity index is 703. The van der Waals surface area contributed by atoms with Crippen LogP contribution in [0, 0.1) is 6.92 Å². The van der Waals surface area contributed by atoms with Crippen LogP contribution in [-0.4, -0.2) is 63.3 Å². The molecule has 0 unspecified atom stereocenters. The number of halogens is 1. The van der Waals surface area contributed by atoms with Crippen molar-refractivity contribution >= 4 is 29.9 Å². The van der Waals surface area contributed by atoms with Crippen molar-refractivity contribution < 1.29 is 9.15 Å². The van der Waals surface area contributed by atoms with Crippen molar-refractivity contribution in [1.29, 1.82) is 0 Å². The molecule has 2 aromatic rings. The van der Waals surface area contributed by atoms with Crippen LogP contribution < -0.4 is 10.6 Å². The Labute approximate surface area is 185 Å². The van der Waals surface area contributed by atoms with Crippen LogP contribution in [0.3, 0.4) is 0 Å². The molecule has 156 valence electrons. The third-order valence-corrected chi connectivity index (χ3v) is 4.19. The Kier molecular flexibility index (Phi) is 11.8. The van der Waals surface area contributed by atoms with Crippen molar-refractivity contribution in [1.82, 2.24) is 20.5 Å². The SMILES string of the molecule is CN=C(NCCN(C)CCCOC)NCc1coc(-c2ccc(C)cc2)n1.I. The summed E-state index contributed by atoms with van der Waals surface area (Å²) >= 11 is 0. The van der Waals surface area contributed by atoms with E-state index < -0.39 is 0 Å². The largest absolute Gasteiger partial charge is 0.444 e. The fourth-order valence-corrected chi connectivity index (χ4v) is 2.57. The molecule has 2 rings (SSSR count). The predicted molar refractivity (Wildman–Crippen MR) is 124 cm³/mol. The second kappa shape index (κ2) is 13.5. The summed E-state index contributed by atoms with van der Waals surface area (Å²) < 4.78 is 10.7. The van der Waals surface area contributed by atoms with Gasteiger partial charge in [-0.15, -0.1) is 24.0 Å². The summed E-state index contributed by atoms with van der Waals surface area (Å²) in [6.45, 7) is 6.18. The first-order chi connectivity index (χ1) is 13.1. The molecule has 0 spiro atoms. The molecule has 0 saturated heterocycles. The van der Waals surface area contributed by atoms with Gasteiger partial charge in [-0.25, -0.2) is 4.98 Å². The van der Waals surface area contributed by atoms with Crippen molar-refractivity contribution in [2.45, 2.75) is 19.9 Å². The van der Waals surface area contributed by atoms with Gasteiger partial charge < -0.3 is 24.7 Å². The van der Waals surface area contributed by atoms with Gasteiger partial charge in [-0.3, -0.25) is 4.99 Å². The van der Waals surface area contributed by atoms with E-state index >= 15 is 0 Å². The number of oxazole rings is 1. The molecule has 2 N–H and O–H groups in total. The number of methoxy groups -OCH3 is 1. The van der Waals surface area contributed by atoms with E-state index in [9.17, 15) is 0 Å². The van der Waals surface area contributed by atoms with Crippen molar-refractivity contribution in [3.05, 3.63) is 41.8 Å². The Morgan fingerprint density at radius 2 is 1.96 bits per heavy atom. The van der Waals surface area contributed by atoms with Gasteiger partial charge in [0.1, 0.15) is 6.26 Å². The van der Waals surface area contributed by atoms with E-state index in [2.05, 4.69) is 51.6 Å². The lowest BCUT2D eigenvalue weighted by molar-refractivity contribution is 0.180. The smallest absolute Gasteiger partial charge is 0.226 e. The number of guanidine groups is 1. The van der Waals surface area contributed by atoms with Crippen LogP contribution in [0.4, 0.5) is 0 Å². The molecule has 0 radical (unpaired) electrons. The monoisotopic (exact) mass is 501 g/mol. The second-order valence-corrected chi connectivity index (χ2v) is 6.51. The van der Waals surface area contributed by atoms with Crippen LogP contribution in [-0.2, 0) is 11.3 Å². The van der Waals surface area contributed by atoms with E-state index in [-0.39, 0.29) is 24.0 Å². The zero-order valence-electron chi connectivity index (χ0n) is 17.2. The predicted octanol–water partition coefficient (Wildman–Crippen LogP) is 2.90. The minimum Gasteiger partial charge on any atom is -0.444 e. The van der Waals surface area contributed by atoms with Gasteiger partial charge in [-0.2, -0.15) is 0 Å². The van der Waals surface area contributed by atoms with Gasteiger partial charge in [0.05, 0.1) is 12.2 Å². The van der Waals surface area contributed by atoms with Gasteiger partial charge in [-0.1, -0.05) is 17.7 Å². The van der Waals surface area contributed by atoms with Gasteiger partial charge in [0.25, 0.3) is 0 Å². The first-order valence-corrected chi connectivity index (χ1v) is 9.26. The average molecular weight is 501 g/mol. The van der Waals surface area contributed by atoms with E-state index in [1.54, 1.807) is 20.4 Å². The first-order valence-electron chi connectivity index (χ1n) is 9.26. The highest BCUT2D eigenvalue weighted by Gasteiger charge is 2.07. The fourth-order valence-electron chi connectivity index (χ4n) is 2.57. The normalized spacial score (nSPS) is 11.4. The molecule has 0 aliphatic heterocycles. The lowest BCUT2D eigenvalue weighted by atomic mass is 10.1. The molecule has 0 bridgehead atoms. The third-order valence-electron chi connectivity index (χ3n) is 4.19. The van der Waals surface area contributed by atoms with E-state index in [0.29, 0.717) is 12.4 Å². The first kappa shape index (κ1) is 24.4. The van der Waals surface area contributed by atoms with Crippen molar-refractivity contribution in [3.8, 4) is 11.5 Å². The summed E-state index contributed by atoms with van der Waals surface area (Å²) in [6.07, 6.45) is 2.72. The second-order valence-electron chi connectivity index (χ2n) is 6.51. The lowest BCUT2D eigenvalue weighted by Crippen LogP contribution is -2.40. The number of benzene rings is 1. The van der Waals surface area contributed by atoms with Crippen molar-refractivity contribution in [2.75, 3.05) is 47.4 Å². The summed E-state index contributed by atoms with van der Waals surface area (Å²) in [5.74, 6) is 1.38. The number of aromatic nitrogens is 1. The fraction of sp³-hybridized carbons (Fsp3) is 0.500. The molecule has 0 amide bonds. The standard InChI is InChI=1S/C20H31N5O2.HI/c1-16-6-8-17(9-7-16)19-24-18(15-27-19)14-23-20(21-2)22-10-12-25(3)11-5-13-26-4;/h6-9,15H,5,10-14H2,1-4H3,(H2,21,22,23);1H. The number of nitrogens with zero attached hydrogens (tertiary/aromatic N) is 3. The van der Waals surface area contributed by atoms with E-state index in [0.717, 1.165) is 49.9 Å². The van der Waals surface area contributed by atoms with Crippen LogP contribution in [0.2, 0.25) is 0 Å². The van der Waals surface area contributed by atoms with Gasteiger partial charge in [0, 0.05) is 46.0 Å². The molecule has 0 aliphatic rings. The molecule has 28 heavy (non-hydrogen) atoms. The Morgan fingerprint density at radius 1 is 1.21 bits per heavy atom. The summed E-state index contributed by atoms with van der Waals surface area (Å²) in [6, 6.07) is 8.13. The molecule has 0 fully saturated rings. The van der Waals surface area contributed by atoms with E-state index in [1.807, 2.05) is 12.1 Å². The number of nitrogens with one attached hydrogen (secondary N) is 2. The highest BCUT2D eigenvalue weighted by molar-refractivity contribution is 14.0. The van der Waals surface area contributed by atoms with Gasteiger partial charge in [0.15, 0.2) is 5.96 Å². The maximum atomic E-state index is 5.59. The Morgan fingerprint density at radius 3 is 2.64 bits per heavy atom. The molecular weight excluding hydrogens is 469 g/mol. The average Bonchev–Trinajstić information content (AvgIpc) is 3.14. The maximum absolute atomic E-state index is 5.59. The zero-order valence-corrected chi connectivity index (χ0v) is 19.5. The molecular formula is C20H32IN5O2. The molecule has 0 saturated carbocycles. The number of aliphatic imine (C=N–C) groups is 1. The van der Waals surface area contributed by atoms with Crippen molar-refractivity contribution in [2.24, 2.45) is 4.99 Å². The molecule has 8 heteroatoms. The van der Waals surface area contributed by atoms with Gasteiger partial charge in [-0.05, 0) is 32.5 Å². The van der Waals surface area contributed by atoms with Crippen LogP contribution in [0.5, 0.6) is 0 Å². The summed E-state index contributed by atoms with van der Waals surface area (Å²) in [7, 11) is 5.60. The number of aryl methyl sites for hydroxylation is 1. The summed E-state index contributed by atoms with van der Waals surface area (Å²) in [5, 5.41) is 6.58. The molecule has 7 nitrogen and oxygen atoms in total. The molecule has 1 heterocycles. The number of likely N-dealkylation sites (N-methyl/N-ethyl adjacent to an activating group) is 1. The minimum absolute atomic E-state index is 0. The Hall–Kier alpha value is -1.65. The summed E-state index contributed by atoms with van der Waals surface area (Å²) in [5.41, 5.74) is 3.03. The maximum Gasteiger partial charge on any atom is 0.226 e. The van der Waals surface area contributed by atoms with E-state index in [4.69, 9.17) is 9.15 Å². The van der Waals surface area contributed by atoms with Crippen LogP contribution in [0.1, 0.15) is 17.7 Å². The number of hydrogen-bond donors (Lipinski definition) is 2. The van der Waals surface area contributed by atoms with Crippen LogP contribution in [0.15, 0.2) is 39.9 Å². The number of rotatable bonds is 10. The number of hydrogen-bond acceptors (Lipinski definition) is 5. The molecule has 0 aliphatic carbocycles. The third kappa shape index (κ3) is 8.57. The number of ether oxygens (including phenoxy) is 1. The quantitative estimate of drug-likeness (QED) is 0.226. The van der Waals surface area contributed by atoms with Gasteiger partial charge >= 0.3 is 0 Å². The van der Waals surface area contributed by atoms with E-state index in [1.165, 1.54) is 5.56 Å². The summed E-state index contributed by atoms with van der Waals surface area (Å²) in [4.78, 5) is 11.1. The Balaban J connectivity index is 0.00000392.